The highest BCUT2D eigenvalue weighted by Crippen LogP contribution is 2.25. The predicted octanol–water partition coefficient (Wildman–Crippen LogP) is 4.38. The molecule has 102 valence electrons. The van der Waals surface area contributed by atoms with Crippen molar-refractivity contribution in [1.29, 1.82) is 0 Å². The van der Waals surface area contributed by atoms with E-state index < -0.39 is 0 Å². The quantitative estimate of drug-likeness (QED) is 0.822. The van der Waals surface area contributed by atoms with E-state index in [0.717, 1.165) is 21.5 Å². The highest BCUT2D eigenvalue weighted by atomic mass is 79.9. The standard InChI is InChI=1S/C17H16BrNO/c1-3-11-20-17-10-5-4-7-14(17)12-19-16-9-6-8-15(18)13(16)2/h1,4-10,19H,11-12H2,2H3. The predicted molar refractivity (Wildman–Crippen MR) is 87.0 cm³/mol. The number of para-hydroxylation sites is 1. The van der Waals surface area contributed by atoms with Gasteiger partial charge in [0.1, 0.15) is 12.4 Å². The van der Waals surface area contributed by atoms with E-state index in [1.54, 1.807) is 0 Å². The number of nitrogens with one attached hydrogen (secondary N) is 1. The van der Waals surface area contributed by atoms with Gasteiger partial charge in [-0.2, -0.15) is 0 Å². The van der Waals surface area contributed by atoms with Crippen molar-refractivity contribution in [3.05, 3.63) is 58.1 Å². The number of anilines is 1. The van der Waals surface area contributed by atoms with Gasteiger partial charge in [-0.3, -0.25) is 0 Å². The number of hydrogen-bond acceptors (Lipinski definition) is 2. The van der Waals surface area contributed by atoms with Gasteiger partial charge in [-0.15, -0.1) is 6.42 Å². The molecule has 0 aliphatic heterocycles. The van der Waals surface area contributed by atoms with E-state index in [0.29, 0.717) is 6.54 Å². The summed E-state index contributed by atoms with van der Waals surface area (Å²) >= 11 is 3.53. The zero-order valence-electron chi connectivity index (χ0n) is 11.3. The van der Waals surface area contributed by atoms with Crippen molar-refractivity contribution in [2.75, 3.05) is 11.9 Å². The summed E-state index contributed by atoms with van der Waals surface area (Å²) in [5.41, 5.74) is 3.38. The fraction of sp³-hybridized carbons (Fsp3) is 0.176. The average Bonchev–Trinajstić information content (AvgIpc) is 2.47. The average molecular weight is 330 g/mol. The van der Waals surface area contributed by atoms with Gasteiger partial charge in [-0.1, -0.05) is 46.1 Å². The molecule has 0 saturated heterocycles. The maximum atomic E-state index is 5.54. The summed E-state index contributed by atoms with van der Waals surface area (Å²) in [6.45, 7) is 3.05. The third-order valence-corrected chi connectivity index (χ3v) is 3.88. The first-order valence-electron chi connectivity index (χ1n) is 6.35. The summed E-state index contributed by atoms with van der Waals surface area (Å²) in [6.07, 6.45) is 5.23. The second-order valence-electron chi connectivity index (χ2n) is 4.37. The van der Waals surface area contributed by atoms with Gasteiger partial charge in [-0.25, -0.2) is 0 Å². The SMILES string of the molecule is C#CCOc1ccccc1CNc1cccc(Br)c1C. The van der Waals surface area contributed by atoms with Gasteiger partial charge in [0.05, 0.1) is 0 Å². The lowest BCUT2D eigenvalue weighted by molar-refractivity contribution is 0.366. The number of halogens is 1. The minimum atomic E-state index is 0.285. The van der Waals surface area contributed by atoms with Crippen molar-refractivity contribution in [1.82, 2.24) is 0 Å². The van der Waals surface area contributed by atoms with Crippen molar-refractivity contribution in [3.8, 4) is 18.1 Å². The van der Waals surface area contributed by atoms with Crippen LogP contribution in [0.4, 0.5) is 5.69 Å². The molecule has 0 bridgehead atoms. The summed E-state index contributed by atoms with van der Waals surface area (Å²) in [7, 11) is 0. The lowest BCUT2D eigenvalue weighted by atomic mass is 10.1. The minimum absolute atomic E-state index is 0.285. The van der Waals surface area contributed by atoms with E-state index in [1.165, 1.54) is 5.56 Å². The molecule has 0 amide bonds. The molecule has 0 fully saturated rings. The highest BCUT2D eigenvalue weighted by molar-refractivity contribution is 9.10. The zero-order valence-corrected chi connectivity index (χ0v) is 12.9. The zero-order chi connectivity index (χ0) is 14.4. The molecular weight excluding hydrogens is 314 g/mol. The Bertz CT molecular complexity index is 631. The Morgan fingerprint density at radius 3 is 2.80 bits per heavy atom. The second-order valence-corrected chi connectivity index (χ2v) is 5.22. The Morgan fingerprint density at radius 1 is 1.20 bits per heavy atom. The van der Waals surface area contributed by atoms with Crippen LogP contribution in [-0.4, -0.2) is 6.61 Å². The van der Waals surface area contributed by atoms with Crippen molar-refractivity contribution in [3.63, 3.8) is 0 Å². The lowest BCUT2D eigenvalue weighted by Gasteiger charge is -2.13. The molecule has 0 radical (unpaired) electrons. The van der Waals surface area contributed by atoms with Crippen LogP contribution < -0.4 is 10.1 Å². The maximum Gasteiger partial charge on any atom is 0.148 e. The smallest absolute Gasteiger partial charge is 0.148 e. The van der Waals surface area contributed by atoms with Gasteiger partial charge in [-0.05, 0) is 30.7 Å². The molecule has 0 atom stereocenters. The first-order valence-corrected chi connectivity index (χ1v) is 7.15. The monoisotopic (exact) mass is 329 g/mol. The third-order valence-electron chi connectivity index (χ3n) is 3.02. The third kappa shape index (κ3) is 3.55. The number of benzene rings is 2. The molecular formula is C17H16BrNO. The van der Waals surface area contributed by atoms with Crippen molar-refractivity contribution in [2.45, 2.75) is 13.5 Å². The fourth-order valence-corrected chi connectivity index (χ4v) is 2.27. The van der Waals surface area contributed by atoms with Crippen LogP contribution in [0.2, 0.25) is 0 Å². The Morgan fingerprint density at radius 2 is 2.00 bits per heavy atom. The van der Waals surface area contributed by atoms with Crippen LogP contribution in [0.5, 0.6) is 5.75 Å². The molecule has 0 aliphatic carbocycles. The number of hydrogen-bond donors (Lipinski definition) is 1. The summed E-state index contributed by atoms with van der Waals surface area (Å²) < 4.78 is 6.64. The molecule has 2 aromatic rings. The van der Waals surface area contributed by atoms with Crippen LogP contribution in [0.15, 0.2) is 46.9 Å². The summed E-state index contributed by atoms with van der Waals surface area (Å²) in [4.78, 5) is 0. The van der Waals surface area contributed by atoms with Gasteiger partial charge in [0.2, 0.25) is 0 Å². The van der Waals surface area contributed by atoms with Gasteiger partial charge in [0.25, 0.3) is 0 Å². The highest BCUT2D eigenvalue weighted by Gasteiger charge is 2.05. The van der Waals surface area contributed by atoms with Gasteiger partial charge < -0.3 is 10.1 Å². The van der Waals surface area contributed by atoms with Gasteiger partial charge in [0, 0.05) is 22.3 Å². The molecule has 0 heterocycles. The number of terminal acetylenes is 1. The molecule has 0 saturated carbocycles. The van der Waals surface area contributed by atoms with E-state index in [9.17, 15) is 0 Å². The van der Waals surface area contributed by atoms with E-state index >= 15 is 0 Å². The van der Waals surface area contributed by atoms with E-state index in [-0.39, 0.29) is 6.61 Å². The Balaban J connectivity index is 2.11. The molecule has 2 rings (SSSR count). The number of ether oxygens (including phenoxy) is 1. The molecule has 0 unspecified atom stereocenters. The van der Waals surface area contributed by atoms with Crippen molar-refractivity contribution in [2.24, 2.45) is 0 Å². The van der Waals surface area contributed by atoms with Crippen LogP contribution in [-0.2, 0) is 6.54 Å². The van der Waals surface area contributed by atoms with Crippen LogP contribution >= 0.6 is 15.9 Å². The van der Waals surface area contributed by atoms with Crippen LogP contribution in [0, 0.1) is 19.3 Å². The number of rotatable bonds is 5. The molecule has 3 heteroatoms. The van der Waals surface area contributed by atoms with Crippen LogP contribution in [0.1, 0.15) is 11.1 Å². The van der Waals surface area contributed by atoms with Gasteiger partial charge >= 0.3 is 0 Å². The Labute approximate surface area is 128 Å². The largest absolute Gasteiger partial charge is 0.481 e. The molecule has 1 N–H and O–H groups in total. The van der Waals surface area contributed by atoms with Crippen LogP contribution in [0.3, 0.4) is 0 Å². The van der Waals surface area contributed by atoms with Gasteiger partial charge in [0.15, 0.2) is 0 Å². The molecule has 0 spiro atoms. The van der Waals surface area contributed by atoms with Crippen molar-refractivity contribution >= 4 is 21.6 Å². The molecule has 2 aromatic carbocycles. The summed E-state index contributed by atoms with van der Waals surface area (Å²) in [5, 5.41) is 3.43. The molecule has 0 aliphatic rings. The normalized spacial score (nSPS) is 9.85. The summed E-state index contributed by atoms with van der Waals surface area (Å²) in [6, 6.07) is 14.0. The molecule has 20 heavy (non-hydrogen) atoms. The topological polar surface area (TPSA) is 21.3 Å². The Hall–Kier alpha value is -1.92. The van der Waals surface area contributed by atoms with Crippen LogP contribution in [0.25, 0.3) is 0 Å². The maximum absolute atomic E-state index is 5.54. The van der Waals surface area contributed by atoms with Crippen molar-refractivity contribution < 1.29 is 4.74 Å². The van der Waals surface area contributed by atoms with E-state index in [4.69, 9.17) is 11.2 Å². The minimum Gasteiger partial charge on any atom is -0.481 e. The summed E-state index contributed by atoms with van der Waals surface area (Å²) in [5.74, 6) is 3.31. The molecule has 2 nitrogen and oxygen atoms in total. The molecule has 0 aromatic heterocycles. The fourth-order valence-electron chi connectivity index (χ4n) is 1.90. The Kier molecular flexibility index (Phi) is 5.09. The van der Waals surface area contributed by atoms with E-state index in [2.05, 4.69) is 40.2 Å². The first-order chi connectivity index (χ1) is 9.72. The lowest BCUT2D eigenvalue weighted by Crippen LogP contribution is -2.04. The van der Waals surface area contributed by atoms with E-state index in [1.807, 2.05) is 36.4 Å². The second kappa shape index (κ2) is 7.02. The first kappa shape index (κ1) is 14.5.